The van der Waals surface area contributed by atoms with Gasteiger partial charge in [-0.1, -0.05) is 65.9 Å². The quantitative estimate of drug-likeness (QED) is 0.420. The summed E-state index contributed by atoms with van der Waals surface area (Å²) in [4.78, 5) is 8.29. The molecule has 150 valence electrons. The fourth-order valence-electron chi connectivity index (χ4n) is 4.14. The van der Waals surface area contributed by atoms with Gasteiger partial charge < -0.3 is 10.3 Å². The van der Waals surface area contributed by atoms with Crippen molar-refractivity contribution in [3.05, 3.63) is 90.6 Å². The maximum atomic E-state index is 4.94. The summed E-state index contributed by atoms with van der Waals surface area (Å²) in [5.41, 5.74) is 5.98. The Balaban J connectivity index is 1.38. The molecule has 31 heavy (non-hydrogen) atoms. The molecule has 3 heterocycles. The Kier molecular flexibility index (Phi) is 4.13. The Bertz CT molecular complexity index is 1510. The van der Waals surface area contributed by atoms with Gasteiger partial charge in [0, 0.05) is 34.6 Å². The number of hydrogen-bond acceptors (Lipinski definition) is 4. The minimum absolute atomic E-state index is 0.750. The Morgan fingerprint density at radius 1 is 0.839 bits per heavy atom. The lowest BCUT2D eigenvalue weighted by Gasteiger charge is -2.10. The summed E-state index contributed by atoms with van der Waals surface area (Å²) in [6, 6.07) is 26.6. The number of fused-ring (bicyclic) bond motifs is 4. The standard InChI is InChI=1S/C25H20N6/c1-2-8-17(9-3-1)23-25-28-24(20-11-5-7-13-22(20)31(25)30-29-23)26-15-14-18-16-27-21-12-6-4-10-19(18)21/h1-13,16,27H,14-15H2,(H,26,28). The molecule has 0 atom stereocenters. The van der Waals surface area contributed by atoms with Crippen LogP contribution in [0.3, 0.4) is 0 Å². The second-order valence-corrected chi connectivity index (χ2v) is 7.55. The minimum Gasteiger partial charge on any atom is -0.369 e. The van der Waals surface area contributed by atoms with Gasteiger partial charge in [-0.15, -0.1) is 5.10 Å². The first-order valence-electron chi connectivity index (χ1n) is 10.4. The van der Waals surface area contributed by atoms with Gasteiger partial charge in [-0.05, 0) is 30.2 Å². The molecule has 2 N–H and O–H groups in total. The summed E-state index contributed by atoms with van der Waals surface area (Å²) >= 11 is 0. The predicted octanol–water partition coefficient (Wildman–Crippen LogP) is 5.08. The molecule has 0 saturated carbocycles. The van der Waals surface area contributed by atoms with Crippen molar-refractivity contribution in [1.29, 1.82) is 0 Å². The van der Waals surface area contributed by atoms with Gasteiger partial charge in [0.2, 0.25) is 0 Å². The van der Waals surface area contributed by atoms with Gasteiger partial charge in [-0.3, -0.25) is 0 Å². The van der Waals surface area contributed by atoms with Crippen molar-refractivity contribution in [2.24, 2.45) is 0 Å². The van der Waals surface area contributed by atoms with Crippen molar-refractivity contribution in [3.8, 4) is 11.3 Å². The van der Waals surface area contributed by atoms with Crippen LogP contribution in [0.25, 0.3) is 38.7 Å². The van der Waals surface area contributed by atoms with Gasteiger partial charge in [0.1, 0.15) is 11.5 Å². The molecule has 0 bridgehead atoms. The molecule has 0 amide bonds. The molecule has 6 nitrogen and oxygen atoms in total. The van der Waals surface area contributed by atoms with Gasteiger partial charge >= 0.3 is 0 Å². The largest absolute Gasteiger partial charge is 0.369 e. The first-order chi connectivity index (χ1) is 15.4. The first-order valence-corrected chi connectivity index (χ1v) is 10.4. The monoisotopic (exact) mass is 404 g/mol. The number of nitrogens with one attached hydrogen (secondary N) is 2. The zero-order chi connectivity index (χ0) is 20.6. The Labute approximate surface area is 178 Å². The molecule has 0 spiro atoms. The maximum Gasteiger partial charge on any atom is 0.186 e. The summed E-state index contributed by atoms with van der Waals surface area (Å²) < 4.78 is 1.82. The smallest absolute Gasteiger partial charge is 0.186 e. The van der Waals surface area contributed by atoms with E-state index in [1.165, 1.54) is 16.5 Å². The highest BCUT2D eigenvalue weighted by atomic mass is 15.4. The van der Waals surface area contributed by atoms with Gasteiger partial charge in [0.15, 0.2) is 5.65 Å². The van der Waals surface area contributed by atoms with Crippen molar-refractivity contribution in [2.45, 2.75) is 6.42 Å². The SMILES string of the molecule is c1ccc(-c2nnn3c2nc(NCCc2c[nH]c4ccccc24)c2ccccc23)cc1. The zero-order valence-corrected chi connectivity index (χ0v) is 16.8. The topological polar surface area (TPSA) is 70.9 Å². The van der Waals surface area contributed by atoms with Crippen LogP contribution in [0.5, 0.6) is 0 Å². The van der Waals surface area contributed by atoms with Gasteiger partial charge in [0.05, 0.1) is 5.52 Å². The number of para-hydroxylation sites is 2. The summed E-state index contributed by atoms with van der Waals surface area (Å²) in [5.74, 6) is 0.849. The second-order valence-electron chi connectivity index (χ2n) is 7.55. The number of aromatic nitrogens is 5. The lowest BCUT2D eigenvalue weighted by Crippen LogP contribution is -2.08. The molecule has 3 aromatic carbocycles. The minimum atomic E-state index is 0.750. The molecule has 0 aliphatic heterocycles. The Morgan fingerprint density at radius 2 is 1.61 bits per heavy atom. The number of benzene rings is 3. The van der Waals surface area contributed by atoms with E-state index in [0.717, 1.165) is 46.6 Å². The summed E-state index contributed by atoms with van der Waals surface area (Å²) in [5, 5.41) is 14.7. The van der Waals surface area contributed by atoms with Crippen LogP contribution in [0.15, 0.2) is 85.1 Å². The van der Waals surface area contributed by atoms with Crippen molar-refractivity contribution in [2.75, 3.05) is 11.9 Å². The van der Waals surface area contributed by atoms with Crippen LogP contribution < -0.4 is 5.32 Å². The molecule has 0 fully saturated rings. The molecule has 3 aromatic heterocycles. The van der Waals surface area contributed by atoms with E-state index in [4.69, 9.17) is 4.98 Å². The predicted molar refractivity (Wildman–Crippen MR) is 124 cm³/mol. The van der Waals surface area contributed by atoms with E-state index in [1.807, 2.05) is 47.0 Å². The van der Waals surface area contributed by atoms with E-state index in [1.54, 1.807) is 0 Å². The molecule has 0 radical (unpaired) electrons. The van der Waals surface area contributed by atoms with Crippen LogP contribution in [-0.2, 0) is 6.42 Å². The van der Waals surface area contributed by atoms with Crippen LogP contribution in [0.4, 0.5) is 5.82 Å². The third-order valence-electron chi connectivity index (χ3n) is 5.66. The highest BCUT2D eigenvalue weighted by Gasteiger charge is 2.15. The highest BCUT2D eigenvalue weighted by molar-refractivity contribution is 5.93. The number of H-pyrrole nitrogens is 1. The summed E-state index contributed by atoms with van der Waals surface area (Å²) in [6.07, 6.45) is 2.99. The van der Waals surface area contributed by atoms with E-state index in [9.17, 15) is 0 Å². The van der Waals surface area contributed by atoms with Crippen molar-refractivity contribution >= 4 is 33.3 Å². The van der Waals surface area contributed by atoms with Crippen LogP contribution in [0.1, 0.15) is 5.56 Å². The third kappa shape index (κ3) is 3.00. The van der Waals surface area contributed by atoms with Crippen LogP contribution in [0, 0.1) is 0 Å². The number of anilines is 1. The molecule has 6 rings (SSSR count). The number of aromatic amines is 1. The van der Waals surface area contributed by atoms with Crippen molar-refractivity contribution < 1.29 is 0 Å². The molecule has 6 aromatic rings. The lowest BCUT2D eigenvalue weighted by molar-refractivity contribution is 0.876. The first kappa shape index (κ1) is 17.7. The normalized spacial score (nSPS) is 11.5. The van der Waals surface area contributed by atoms with Gasteiger partial charge in [-0.2, -0.15) is 4.52 Å². The number of rotatable bonds is 5. The van der Waals surface area contributed by atoms with E-state index in [2.05, 4.69) is 63.2 Å². The summed E-state index contributed by atoms with van der Waals surface area (Å²) in [6.45, 7) is 0.775. The maximum absolute atomic E-state index is 4.94. The van der Waals surface area contributed by atoms with E-state index < -0.39 is 0 Å². The molecule has 0 aliphatic rings. The molecular weight excluding hydrogens is 384 g/mol. The molecule has 0 unspecified atom stereocenters. The molecule has 0 aliphatic carbocycles. The van der Waals surface area contributed by atoms with Crippen molar-refractivity contribution in [3.63, 3.8) is 0 Å². The second kappa shape index (κ2) is 7.25. The van der Waals surface area contributed by atoms with Crippen LogP contribution in [-0.4, -0.2) is 31.3 Å². The third-order valence-corrected chi connectivity index (χ3v) is 5.66. The Morgan fingerprint density at radius 3 is 2.52 bits per heavy atom. The molecule has 0 saturated heterocycles. The number of nitrogens with zero attached hydrogens (tertiary/aromatic N) is 4. The number of hydrogen-bond donors (Lipinski definition) is 2. The molecule has 6 heteroatoms. The van der Waals surface area contributed by atoms with Crippen molar-refractivity contribution in [1.82, 2.24) is 24.8 Å². The zero-order valence-electron chi connectivity index (χ0n) is 16.8. The molecular formula is C25H20N6. The van der Waals surface area contributed by atoms with E-state index in [0.29, 0.717) is 0 Å². The van der Waals surface area contributed by atoms with Gasteiger partial charge in [0.25, 0.3) is 0 Å². The van der Waals surface area contributed by atoms with E-state index in [-0.39, 0.29) is 0 Å². The Hall–Kier alpha value is -4.19. The summed E-state index contributed by atoms with van der Waals surface area (Å²) in [7, 11) is 0. The van der Waals surface area contributed by atoms with Gasteiger partial charge in [-0.25, -0.2) is 4.98 Å². The van der Waals surface area contributed by atoms with E-state index >= 15 is 0 Å². The fraction of sp³-hybridized carbons (Fsp3) is 0.0800. The fourth-order valence-corrected chi connectivity index (χ4v) is 4.14. The lowest BCUT2D eigenvalue weighted by atomic mass is 10.1. The van der Waals surface area contributed by atoms with Crippen LogP contribution in [0.2, 0.25) is 0 Å². The average molecular weight is 404 g/mol. The highest BCUT2D eigenvalue weighted by Crippen LogP contribution is 2.28. The average Bonchev–Trinajstić information content (AvgIpc) is 3.44. The van der Waals surface area contributed by atoms with Crippen LogP contribution >= 0.6 is 0 Å².